The number of rotatable bonds is 7. The molecule has 0 aliphatic carbocycles. The molecule has 0 atom stereocenters. The summed E-state index contributed by atoms with van der Waals surface area (Å²) < 4.78 is 5.68. The normalized spacial score (nSPS) is 10.6. The van der Waals surface area contributed by atoms with Crippen LogP contribution in [0.15, 0.2) is 34.7 Å². The molecule has 0 spiro atoms. The van der Waals surface area contributed by atoms with E-state index < -0.39 is 0 Å². The topological polar surface area (TPSA) is 66.7 Å². The van der Waals surface area contributed by atoms with Gasteiger partial charge in [0, 0.05) is 25.7 Å². The van der Waals surface area contributed by atoms with Crippen molar-refractivity contribution in [3.8, 4) is 11.5 Å². The molecule has 1 heterocycles. The van der Waals surface area contributed by atoms with Crippen LogP contribution >= 0.6 is 0 Å². The van der Waals surface area contributed by atoms with Gasteiger partial charge < -0.3 is 14.2 Å². The molecule has 0 bridgehead atoms. The van der Waals surface area contributed by atoms with Crippen LogP contribution in [-0.4, -0.2) is 53.3 Å². The summed E-state index contributed by atoms with van der Waals surface area (Å²) in [6.07, 6.45) is 0.115. The SMILES string of the molecule is CCN(CC)C(=O)CN(C)C(=O)Cc1nc(-c2ccccc2)oc1C. The monoisotopic (exact) mass is 343 g/mol. The second-order valence-electron chi connectivity index (χ2n) is 5.88. The van der Waals surface area contributed by atoms with Gasteiger partial charge in [-0.3, -0.25) is 9.59 Å². The molecule has 2 amide bonds. The first-order chi connectivity index (χ1) is 12.0. The van der Waals surface area contributed by atoms with Crippen LogP contribution in [0.3, 0.4) is 0 Å². The third kappa shape index (κ3) is 4.68. The maximum Gasteiger partial charge on any atom is 0.242 e. The predicted octanol–water partition coefficient (Wildman–Crippen LogP) is 2.52. The Kier molecular flexibility index (Phi) is 6.33. The Hall–Kier alpha value is -2.63. The van der Waals surface area contributed by atoms with Crippen molar-refractivity contribution in [3.05, 3.63) is 41.8 Å². The molecule has 0 saturated carbocycles. The third-order valence-electron chi connectivity index (χ3n) is 4.15. The van der Waals surface area contributed by atoms with Gasteiger partial charge in [0.05, 0.1) is 18.7 Å². The standard InChI is InChI=1S/C19H25N3O3/c1-5-22(6-2)18(24)13-21(4)17(23)12-16-14(3)25-19(20-16)15-10-8-7-9-11-15/h7-11H,5-6,12-13H2,1-4H3. The van der Waals surface area contributed by atoms with E-state index in [1.54, 1.807) is 18.9 Å². The van der Waals surface area contributed by atoms with E-state index in [9.17, 15) is 9.59 Å². The van der Waals surface area contributed by atoms with Crippen molar-refractivity contribution >= 4 is 11.8 Å². The summed E-state index contributed by atoms with van der Waals surface area (Å²) in [4.78, 5) is 32.1. The molecule has 1 aromatic carbocycles. The highest BCUT2D eigenvalue weighted by Crippen LogP contribution is 2.21. The molecule has 25 heavy (non-hydrogen) atoms. The molecule has 2 rings (SSSR count). The van der Waals surface area contributed by atoms with Gasteiger partial charge in [0.15, 0.2) is 0 Å². The molecule has 2 aromatic rings. The molecule has 6 heteroatoms. The minimum atomic E-state index is -0.156. The molecule has 1 aromatic heterocycles. The number of nitrogens with zero attached hydrogens (tertiary/aromatic N) is 3. The van der Waals surface area contributed by atoms with Gasteiger partial charge in [-0.05, 0) is 32.9 Å². The van der Waals surface area contributed by atoms with Gasteiger partial charge >= 0.3 is 0 Å². The Bertz CT molecular complexity index is 721. The van der Waals surface area contributed by atoms with E-state index in [1.165, 1.54) is 4.90 Å². The molecule has 0 unspecified atom stereocenters. The number of carbonyl (C=O) groups is 2. The number of carbonyl (C=O) groups excluding carboxylic acids is 2. The van der Waals surface area contributed by atoms with Crippen LogP contribution < -0.4 is 0 Å². The smallest absolute Gasteiger partial charge is 0.242 e. The lowest BCUT2D eigenvalue weighted by Crippen LogP contribution is -2.41. The summed E-state index contributed by atoms with van der Waals surface area (Å²) >= 11 is 0. The first kappa shape index (κ1) is 18.7. The summed E-state index contributed by atoms with van der Waals surface area (Å²) in [6, 6.07) is 9.56. The largest absolute Gasteiger partial charge is 0.441 e. The van der Waals surface area contributed by atoms with Crippen molar-refractivity contribution in [3.63, 3.8) is 0 Å². The van der Waals surface area contributed by atoms with E-state index in [2.05, 4.69) is 4.98 Å². The number of aryl methyl sites for hydroxylation is 1. The fraction of sp³-hybridized carbons (Fsp3) is 0.421. The number of aromatic nitrogens is 1. The molecule has 134 valence electrons. The van der Waals surface area contributed by atoms with Gasteiger partial charge in [-0.15, -0.1) is 0 Å². The Morgan fingerprint density at radius 2 is 1.72 bits per heavy atom. The molecule has 0 saturated heterocycles. The number of likely N-dealkylation sites (N-methyl/N-ethyl adjacent to an activating group) is 2. The number of benzene rings is 1. The van der Waals surface area contributed by atoms with Crippen molar-refractivity contribution in [2.45, 2.75) is 27.2 Å². The molecule has 0 aliphatic heterocycles. The lowest BCUT2D eigenvalue weighted by molar-refractivity contribution is -0.138. The average Bonchev–Trinajstić information content (AvgIpc) is 2.97. The van der Waals surface area contributed by atoms with Crippen LogP contribution in [0.2, 0.25) is 0 Å². The fourth-order valence-corrected chi connectivity index (χ4v) is 2.54. The Labute approximate surface area is 148 Å². The van der Waals surface area contributed by atoms with E-state index in [1.807, 2.05) is 44.2 Å². The van der Waals surface area contributed by atoms with Crippen molar-refractivity contribution in [2.75, 3.05) is 26.7 Å². The minimum absolute atomic E-state index is 0.0531. The summed E-state index contributed by atoms with van der Waals surface area (Å²) in [5.41, 5.74) is 1.47. The van der Waals surface area contributed by atoms with Crippen molar-refractivity contribution in [1.29, 1.82) is 0 Å². The van der Waals surface area contributed by atoms with Gasteiger partial charge in [0.1, 0.15) is 5.76 Å². The van der Waals surface area contributed by atoms with Gasteiger partial charge in [-0.25, -0.2) is 4.98 Å². The highest BCUT2D eigenvalue weighted by atomic mass is 16.4. The lowest BCUT2D eigenvalue weighted by atomic mass is 10.2. The maximum absolute atomic E-state index is 12.4. The second-order valence-corrected chi connectivity index (χ2v) is 5.88. The van der Waals surface area contributed by atoms with E-state index in [0.29, 0.717) is 30.4 Å². The molecular weight excluding hydrogens is 318 g/mol. The van der Waals surface area contributed by atoms with Crippen molar-refractivity contribution in [1.82, 2.24) is 14.8 Å². The Morgan fingerprint density at radius 3 is 2.32 bits per heavy atom. The van der Waals surface area contributed by atoms with Gasteiger partial charge in [-0.1, -0.05) is 18.2 Å². The highest BCUT2D eigenvalue weighted by molar-refractivity contribution is 5.85. The summed E-state index contributed by atoms with van der Waals surface area (Å²) in [5, 5.41) is 0. The molecule has 6 nitrogen and oxygen atoms in total. The van der Waals surface area contributed by atoms with Crippen molar-refractivity contribution < 1.29 is 14.0 Å². The van der Waals surface area contributed by atoms with Gasteiger partial charge in [0.25, 0.3) is 0 Å². The lowest BCUT2D eigenvalue weighted by Gasteiger charge is -2.23. The zero-order chi connectivity index (χ0) is 18.4. The predicted molar refractivity (Wildman–Crippen MR) is 95.9 cm³/mol. The van der Waals surface area contributed by atoms with Crippen LogP contribution in [0.25, 0.3) is 11.5 Å². The highest BCUT2D eigenvalue weighted by Gasteiger charge is 2.20. The zero-order valence-electron chi connectivity index (χ0n) is 15.3. The van der Waals surface area contributed by atoms with Gasteiger partial charge in [-0.2, -0.15) is 0 Å². The zero-order valence-corrected chi connectivity index (χ0v) is 15.3. The van der Waals surface area contributed by atoms with Crippen LogP contribution in [0.5, 0.6) is 0 Å². The van der Waals surface area contributed by atoms with Crippen LogP contribution in [0.4, 0.5) is 0 Å². The van der Waals surface area contributed by atoms with Crippen LogP contribution in [0.1, 0.15) is 25.3 Å². The number of hydrogen-bond donors (Lipinski definition) is 0. The second kappa shape index (κ2) is 8.46. The minimum Gasteiger partial charge on any atom is -0.441 e. The van der Waals surface area contributed by atoms with E-state index in [0.717, 1.165) is 5.56 Å². The maximum atomic E-state index is 12.4. The molecular formula is C19H25N3O3. The molecule has 0 fully saturated rings. The Balaban J connectivity index is 2.03. The molecule has 0 aliphatic rings. The summed E-state index contributed by atoms with van der Waals surface area (Å²) in [5.74, 6) is 0.915. The van der Waals surface area contributed by atoms with Gasteiger partial charge in [0.2, 0.25) is 17.7 Å². The van der Waals surface area contributed by atoms with Crippen LogP contribution in [0, 0.1) is 6.92 Å². The number of oxazole rings is 1. The first-order valence-corrected chi connectivity index (χ1v) is 8.49. The summed E-state index contributed by atoms with van der Waals surface area (Å²) in [7, 11) is 1.64. The van der Waals surface area contributed by atoms with E-state index in [4.69, 9.17) is 4.42 Å². The Morgan fingerprint density at radius 1 is 1.08 bits per heavy atom. The van der Waals surface area contributed by atoms with Crippen LogP contribution in [-0.2, 0) is 16.0 Å². The third-order valence-corrected chi connectivity index (χ3v) is 4.15. The molecule has 0 radical (unpaired) electrons. The first-order valence-electron chi connectivity index (χ1n) is 8.49. The molecule has 0 N–H and O–H groups in total. The average molecular weight is 343 g/mol. The van der Waals surface area contributed by atoms with Crippen molar-refractivity contribution in [2.24, 2.45) is 0 Å². The quantitative estimate of drug-likeness (QED) is 0.775. The summed E-state index contributed by atoms with van der Waals surface area (Å²) in [6.45, 7) is 6.99. The number of amides is 2. The number of hydrogen-bond acceptors (Lipinski definition) is 4. The van der Waals surface area contributed by atoms with E-state index >= 15 is 0 Å². The van der Waals surface area contributed by atoms with E-state index in [-0.39, 0.29) is 24.8 Å². The fourth-order valence-electron chi connectivity index (χ4n) is 2.54.